The maximum absolute atomic E-state index is 4.22. The number of nitrogens with one attached hydrogen (secondary N) is 2. The molecule has 0 aromatic heterocycles. The van der Waals surface area contributed by atoms with Crippen LogP contribution in [-0.2, 0) is 0 Å². The topological polar surface area (TPSA) is 24.1 Å². The molecule has 10 unspecified atom stereocenters. The predicted octanol–water partition coefficient (Wildman–Crippen LogP) is 4.74. The van der Waals surface area contributed by atoms with Crippen LogP contribution in [0.1, 0.15) is 83.5 Å². The lowest BCUT2D eigenvalue weighted by molar-refractivity contribution is 0.0530. The monoisotopic (exact) mass is 356 g/mol. The highest BCUT2D eigenvalue weighted by molar-refractivity contribution is 5.02. The molecule has 4 saturated carbocycles. The number of hydrogen-bond donors (Lipinski definition) is 2. The summed E-state index contributed by atoms with van der Waals surface area (Å²) in [5.74, 6) is 7.45. The van der Waals surface area contributed by atoms with Gasteiger partial charge >= 0.3 is 0 Å². The van der Waals surface area contributed by atoms with E-state index in [0.717, 1.165) is 59.6 Å². The highest BCUT2D eigenvalue weighted by Gasteiger charge is 2.46. The molecular weight excluding hydrogens is 316 g/mol. The molecular formula is C24H40N2. The Morgan fingerprint density at radius 3 is 1.81 bits per heavy atom. The lowest BCUT2D eigenvalue weighted by Gasteiger charge is -2.50. The molecule has 0 aromatic rings. The molecule has 10 atom stereocenters. The second-order valence-electron chi connectivity index (χ2n) is 11.3. The third kappa shape index (κ3) is 2.89. The van der Waals surface area contributed by atoms with Crippen molar-refractivity contribution >= 4 is 0 Å². The molecule has 6 fully saturated rings. The van der Waals surface area contributed by atoms with E-state index in [0.29, 0.717) is 0 Å². The van der Waals surface area contributed by atoms with Gasteiger partial charge in [0.05, 0.1) is 0 Å². The first-order valence-corrected chi connectivity index (χ1v) is 12.3. The molecule has 26 heavy (non-hydrogen) atoms. The molecule has 2 N–H and O–H groups in total. The Hall–Kier alpha value is -0.0800. The number of fused-ring (bicyclic) bond motifs is 4. The number of piperidine rings is 2. The molecule has 6 aliphatic rings. The van der Waals surface area contributed by atoms with Crippen molar-refractivity contribution in [3.63, 3.8) is 0 Å². The molecule has 0 spiro atoms. The van der Waals surface area contributed by atoms with E-state index in [9.17, 15) is 0 Å². The van der Waals surface area contributed by atoms with Gasteiger partial charge in [-0.25, -0.2) is 0 Å². The standard InChI is InChI=1S/C24H40N2/c1-4-16-10-20-13-24(25-14-21(20)11-17(16)5-1)22-8-7-19-9-15-3-2-6-18(15)12-23(19)26-22/h15-26H,1-14H2. The summed E-state index contributed by atoms with van der Waals surface area (Å²) in [6.45, 7) is 1.33. The van der Waals surface area contributed by atoms with Crippen LogP contribution < -0.4 is 10.6 Å². The third-order valence-corrected chi connectivity index (χ3v) is 10.2. The molecule has 2 saturated heterocycles. The van der Waals surface area contributed by atoms with Gasteiger partial charge < -0.3 is 10.6 Å². The first-order valence-electron chi connectivity index (χ1n) is 12.3. The molecule has 0 bridgehead atoms. The van der Waals surface area contributed by atoms with Crippen LogP contribution in [0.5, 0.6) is 0 Å². The van der Waals surface area contributed by atoms with Crippen molar-refractivity contribution in [2.24, 2.45) is 41.4 Å². The summed E-state index contributed by atoms with van der Waals surface area (Å²) < 4.78 is 0. The van der Waals surface area contributed by atoms with Crippen molar-refractivity contribution in [1.82, 2.24) is 10.6 Å². The summed E-state index contributed by atoms with van der Waals surface area (Å²) in [5, 5.41) is 8.26. The molecule has 2 heteroatoms. The highest BCUT2D eigenvalue weighted by Crippen LogP contribution is 2.50. The van der Waals surface area contributed by atoms with Crippen LogP contribution in [0.2, 0.25) is 0 Å². The van der Waals surface area contributed by atoms with Gasteiger partial charge in [0, 0.05) is 18.1 Å². The molecule has 0 radical (unpaired) electrons. The molecule has 0 aromatic carbocycles. The minimum Gasteiger partial charge on any atom is -0.312 e. The lowest BCUT2D eigenvalue weighted by Crippen LogP contribution is -2.61. The highest BCUT2D eigenvalue weighted by atomic mass is 15.1. The van der Waals surface area contributed by atoms with Crippen molar-refractivity contribution < 1.29 is 0 Å². The van der Waals surface area contributed by atoms with E-state index >= 15 is 0 Å². The fraction of sp³-hybridized carbons (Fsp3) is 1.00. The predicted molar refractivity (Wildman–Crippen MR) is 107 cm³/mol. The second kappa shape index (κ2) is 6.76. The maximum Gasteiger partial charge on any atom is 0.0224 e. The maximum atomic E-state index is 4.22. The van der Waals surface area contributed by atoms with Crippen LogP contribution >= 0.6 is 0 Å². The van der Waals surface area contributed by atoms with E-state index in [4.69, 9.17) is 0 Å². The quantitative estimate of drug-likeness (QED) is 0.709. The normalized spacial score (nSPS) is 56.3. The fourth-order valence-corrected chi connectivity index (χ4v) is 8.85. The Balaban J connectivity index is 1.09. The summed E-state index contributed by atoms with van der Waals surface area (Å²) >= 11 is 0. The van der Waals surface area contributed by atoms with Gasteiger partial charge in [-0.2, -0.15) is 0 Å². The Kier molecular flexibility index (Phi) is 4.38. The third-order valence-electron chi connectivity index (χ3n) is 10.2. The average molecular weight is 357 g/mol. The van der Waals surface area contributed by atoms with E-state index in [1.165, 1.54) is 51.5 Å². The average Bonchev–Trinajstić information content (AvgIpc) is 3.31. The van der Waals surface area contributed by atoms with Gasteiger partial charge in [0.1, 0.15) is 0 Å². The lowest BCUT2D eigenvalue weighted by atomic mass is 9.64. The number of rotatable bonds is 1. The zero-order valence-electron chi connectivity index (χ0n) is 16.7. The minimum atomic E-state index is 0.774. The van der Waals surface area contributed by atoms with E-state index in [1.807, 2.05) is 0 Å². The molecule has 2 aliphatic heterocycles. The summed E-state index contributed by atoms with van der Waals surface area (Å²) in [6, 6.07) is 2.41. The molecule has 4 aliphatic carbocycles. The van der Waals surface area contributed by atoms with Gasteiger partial charge in [-0.1, -0.05) is 38.5 Å². The molecule has 6 rings (SSSR count). The zero-order valence-corrected chi connectivity index (χ0v) is 16.7. The van der Waals surface area contributed by atoms with Crippen molar-refractivity contribution in [2.45, 2.75) is 102 Å². The number of hydrogen-bond acceptors (Lipinski definition) is 2. The van der Waals surface area contributed by atoms with Crippen molar-refractivity contribution in [3.05, 3.63) is 0 Å². The summed E-state index contributed by atoms with van der Waals surface area (Å²) in [6.07, 6.45) is 19.9. The van der Waals surface area contributed by atoms with Crippen LogP contribution in [0.3, 0.4) is 0 Å². The largest absolute Gasteiger partial charge is 0.312 e. The Morgan fingerprint density at radius 1 is 0.423 bits per heavy atom. The van der Waals surface area contributed by atoms with Gasteiger partial charge in [-0.3, -0.25) is 0 Å². The van der Waals surface area contributed by atoms with Crippen LogP contribution in [-0.4, -0.2) is 24.7 Å². The smallest absolute Gasteiger partial charge is 0.0224 e. The van der Waals surface area contributed by atoms with Crippen LogP contribution in [0.15, 0.2) is 0 Å². The van der Waals surface area contributed by atoms with Gasteiger partial charge in [0.15, 0.2) is 0 Å². The molecule has 2 nitrogen and oxygen atoms in total. The van der Waals surface area contributed by atoms with Crippen molar-refractivity contribution in [2.75, 3.05) is 6.54 Å². The first kappa shape index (κ1) is 16.8. The van der Waals surface area contributed by atoms with E-state index < -0.39 is 0 Å². The van der Waals surface area contributed by atoms with Gasteiger partial charge in [-0.05, 0) is 92.9 Å². The molecule has 146 valence electrons. The zero-order chi connectivity index (χ0) is 17.1. The fourth-order valence-electron chi connectivity index (χ4n) is 8.85. The molecule has 0 amide bonds. The van der Waals surface area contributed by atoms with E-state index in [1.54, 1.807) is 38.5 Å². The van der Waals surface area contributed by atoms with Gasteiger partial charge in [-0.15, -0.1) is 0 Å². The van der Waals surface area contributed by atoms with Gasteiger partial charge in [0.25, 0.3) is 0 Å². The van der Waals surface area contributed by atoms with Crippen molar-refractivity contribution in [3.8, 4) is 0 Å². The van der Waals surface area contributed by atoms with Crippen LogP contribution in [0.25, 0.3) is 0 Å². The SMILES string of the molecule is C1CC2CC3CNC(C4CCC5CC6CCCC6CC5N4)CC3CC2C1. The molecule has 2 heterocycles. The summed E-state index contributed by atoms with van der Waals surface area (Å²) in [5.41, 5.74) is 0. The Bertz CT molecular complexity index is 472. The van der Waals surface area contributed by atoms with Crippen molar-refractivity contribution in [1.29, 1.82) is 0 Å². The van der Waals surface area contributed by atoms with Crippen LogP contribution in [0.4, 0.5) is 0 Å². The first-order chi connectivity index (χ1) is 12.8. The summed E-state index contributed by atoms with van der Waals surface area (Å²) in [7, 11) is 0. The van der Waals surface area contributed by atoms with E-state index in [2.05, 4.69) is 10.6 Å². The van der Waals surface area contributed by atoms with Gasteiger partial charge in [0.2, 0.25) is 0 Å². The van der Waals surface area contributed by atoms with E-state index in [-0.39, 0.29) is 0 Å². The second-order valence-corrected chi connectivity index (χ2v) is 11.3. The Labute approximate surface area is 160 Å². The summed E-state index contributed by atoms with van der Waals surface area (Å²) in [4.78, 5) is 0. The van der Waals surface area contributed by atoms with Crippen LogP contribution in [0, 0.1) is 41.4 Å². The Morgan fingerprint density at radius 2 is 1.04 bits per heavy atom. The minimum absolute atomic E-state index is 0.774.